The average Bonchev–Trinajstić information content (AvgIpc) is 2.77. The highest BCUT2D eigenvalue weighted by molar-refractivity contribution is 5.82. The number of amides is 1. The van der Waals surface area contributed by atoms with Crippen LogP contribution in [-0.4, -0.2) is 23.6 Å². The molecule has 0 bridgehead atoms. The van der Waals surface area contributed by atoms with Crippen LogP contribution in [0, 0.1) is 0 Å². The summed E-state index contributed by atoms with van der Waals surface area (Å²) in [5, 5.41) is 3.11. The Kier molecular flexibility index (Phi) is 5.44. The minimum Gasteiger partial charge on any atom is -0.485 e. The fourth-order valence-electron chi connectivity index (χ4n) is 3.46. The summed E-state index contributed by atoms with van der Waals surface area (Å²) in [4.78, 5) is 17.1. The van der Waals surface area contributed by atoms with E-state index in [0.717, 1.165) is 16.7 Å². The Morgan fingerprint density at radius 1 is 1.00 bits per heavy atom. The van der Waals surface area contributed by atoms with Crippen LogP contribution in [0.3, 0.4) is 0 Å². The van der Waals surface area contributed by atoms with E-state index in [1.54, 1.807) is 12.4 Å². The Balaban J connectivity index is 1.53. The van der Waals surface area contributed by atoms with E-state index >= 15 is 0 Å². The summed E-state index contributed by atoms with van der Waals surface area (Å²) in [6.07, 6.45) is 2.73. The summed E-state index contributed by atoms with van der Waals surface area (Å²) in [5.41, 5.74) is 3.12. The molecule has 0 radical (unpaired) electrons. The number of carbonyl (C=O) groups excluding carboxylic acids is 1. The SMILES string of the molecule is CC(C)(C)c1ccc2c(c1)OC[C@@H](C(=O)N[C@H](c1ccccc1)c1ccncc1)O2. The second-order valence-corrected chi connectivity index (χ2v) is 8.46. The number of fused-ring (bicyclic) bond motifs is 1. The van der Waals surface area contributed by atoms with Gasteiger partial charge in [-0.25, -0.2) is 0 Å². The van der Waals surface area contributed by atoms with Gasteiger partial charge in [0.2, 0.25) is 6.10 Å². The average molecular weight is 402 g/mol. The van der Waals surface area contributed by atoms with Crippen molar-refractivity contribution < 1.29 is 14.3 Å². The second kappa shape index (κ2) is 8.19. The van der Waals surface area contributed by atoms with Crippen molar-refractivity contribution in [3.05, 3.63) is 89.7 Å². The van der Waals surface area contributed by atoms with Crippen LogP contribution in [0.2, 0.25) is 0 Å². The van der Waals surface area contributed by atoms with Crippen LogP contribution in [0.1, 0.15) is 43.5 Å². The summed E-state index contributed by atoms with van der Waals surface area (Å²) in [5.74, 6) is 1.06. The Hall–Kier alpha value is -3.34. The molecule has 3 aromatic rings. The standard InChI is InChI=1S/C25H26N2O3/c1-25(2,3)19-9-10-20-21(15-19)29-16-22(30-20)24(28)27-23(17-7-5-4-6-8-17)18-11-13-26-14-12-18/h4-15,22-23H,16H2,1-3H3,(H,27,28)/t22-,23+/m0/s1. The normalized spacial score (nSPS) is 16.6. The van der Waals surface area contributed by atoms with Crippen molar-refractivity contribution in [2.45, 2.75) is 38.3 Å². The van der Waals surface area contributed by atoms with E-state index in [2.05, 4.69) is 31.1 Å². The van der Waals surface area contributed by atoms with E-state index in [0.29, 0.717) is 11.5 Å². The molecule has 30 heavy (non-hydrogen) atoms. The van der Waals surface area contributed by atoms with Crippen molar-refractivity contribution in [3.8, 4) is 11.5 Å². The lowest BCUT2D eigenvalue weighted by molar-refractivity contribution is -0.130. The molecule has 1 aliphatic rings. The summed E-state index contributed by atoms with van der Waals surface area (Å²) >= 11 is 0. The van der Waals surface area contributed by atoms with E-state index < -0.39 is 6.10 Å². The molecule has 1 aliphatic heterocycles. The van der Waals surface area contributed by atoms with Crippen molar-refractivity contribution in [3.63, 3.8) is 0 Å². The minimum absolute atomic E-state index is 0.0139. The van der Waals surface area contributed by atoms with E-state index in [9.17, 15) is 4.79 Å². The topological polar surface area (TPSA) is 60.5 Å². The van der Waals surface area contributed by atoms with E-state index in [4.69, 9.17) is 9.47 Å². The molecular formula is C25H26N2O3. The van der Waals surface area contributed by atoms with E-state index in [-0.39, 0.29) is 24.0 Å². The Morgan fingerprint density at radius 2 is 1.70 bits per heavy atom. The molecule has 0 unspecified atom stereocenters. The van der Waals surface area contributed by atoms with Crippen molar-refractivity contribution in [2.24, 2.45) is 0 Å². The maximum absolute atomic E-state index is 13.1. The molecular weight excluding hydrogens is 376 g/mol. The van der Waals surface area contributed by atoms with Gasteiger partial charge in [0.05, 0.1) is 6.04 Å². The highest BCUT2D eigenvalue weighted by Gasteiger charge is 2.30. The molecule has 1 aromatic heterocycles. The first-order valence-electron chi connectivity index (χ1n) is 10.1. The van der Waals surface area contributed by atoms with Gasteiger partial charge in [0.25, 0.3) is 5.91 Å². The van der Waals surface area contributed by atoms with E-state index in [1.165, 1.54) is 0 Å². The minimum atomic E-state index is -0.717. The maximum atomic E-state index is 13.1. The molecule has 0 fully saturated rings. The monoisotopic (exact) mass is 402 g/mol. The van der Waals surface area contributed by atoms with Gasteiger partial charge in [-0.05, 0) is 46.4 Å². The summed E-state index contributed by atoms with van der Waals surface area (Å²) in [6, 6.07) is 19.3. The van der Waals surface area contributed by atoms with Gasteiger partial charge >= 0.3 is 0 Å². The van der Waals surface area contributed by atoms with Crippen molar-refractivity contribution in [1.82, 2.24) is 10.3 Å². The highest BCUT2D eigenvalue weighted by Crippen LogP contribution is 2.36. The van der Waals surface area contributed by atoms with Gasteiger partial charge in [-0.2, -0.15) is 0 Å². The molecule has 0 aliphatic carbocycles. The van der Waals surface area contributed by atoms with Crippen LogP contribution in [-0.2, 0) is 10.2 Å². The lowest BCUT2D eigenvalue weighted by Gasteiger charge is -2.29. The van der Waals surface area contributed by atoms with Gasteiger partial charge in [-0.3, -0.25) is 9.78 Å². The first kappa shape index (κ1) is 20.0. The number of ether oxygens (including phenoxy) is 2. The number of nitrogens with zero attached hydrogens (tertiary/aromatic N) is 1. The molecule has 2 aromatic carbocycles. The predicted molar refractivity (Wildman–Crippen MR) is 116 cm³/mol. The number of pyridine rings is 1. The highest BCUT2D eigenvalue weighted by atomic mass is 16.6. The van der Waals surface area contributed by atoms with Crippen molar-refractivity contribution >= 4 is 5.91 Å². The molecule has 154 valence electrons. The molecule has 5 nitrogen and oxygen atoms in total. The van der Waals surface area contributed by atoms with Crippen molar-refractivity contribution in [2.75, 3.05) is 6.61 Å². The molecule has 1 amide bonds. The van der Waals surface area contributed by atoms with Gasteiger partial charge in [-0.1, -0.05) is 57.2 Å². The Labute approximate surface area is 177 Å². The summed E-state index contributed by atoms with van der Waals surface area (Å²) in [7, 11) is 0. The largest absolute Gasteiger partial charge is 0.485 e. The summed E-state index contributed by atoms with van der Waals surface area (Å²) < 4.78 is 11.9. The maximum Gasteiger partial charge on any atom is 0.265 e. The quantitative estimate of drug-likeness (QED) is 0.702. The zero-order valence-electron chi connectivity index (χ0n) is 17.5. The molecule has 2 atom stereocenters. The number of nitrogens with one attached hydrogen (secondary N) is 1. The predicted octanol–water partition coefficient (Wildman–Crippen LogP) is 4.42. The Morgan fingerprint density at radius 3 is 2.40 bits per heavy atom. The van der Waals surface area contributed by atoms with Gasteiger partial charge in [0, 0.05) is 12.4 Å². The van der Waals surface area contributed by atoms with Gasteiger partial charge in [0.15, 0.2) is 11.5 Å². The number of rotatable bonds is 4. The number of hydrogen-bond acceptors (Lipinski definition) is 4. The lowest BCUT2D eigenvalue weighted by Crippen LogP contribution is -2.45. The zero-order valence-corrected chi connectivity index (χ0v) is 17.5. The van der Waals surface area contributed by atoms with Crippen LogP contribution < -0.4 is 14.8 Å². The van der Waals surface area contributed by atoms with Gasteiger partial charge in [0.1, 0.15) is 6.61 Å². The lowest BCUT2D eigenvalue weighted by atomic mass is 9.87. The van der Waals surface area contributed by atoms with Crippen LogP contribution in [0.4, 0.5) is 0 Å². The third-order valence-corrected chi connectivity index (χ3v) is 5.22. The fraction of sp³-hybridized carbons (Fsp3) is 0.280. The molecule has 1 N–H and O–H groups in total. The molecule has 0 spiro atoms. The molecule has 0 saturated heterocycles. The molecule has 2 heterocycles. The number of benzene rings is 2. The van der Waals surface area contributed by atoms with Crippen LogP contribution in [0.15, 0.2) is 73.1 Å². The smallest absolute Gasteiger partial charge is 0.265 e. The molecule has 0 saturated carbocycles. The van der Waals surface area contributed by atoms with Crippen LogP contribution >= 0.6 is 0 Å². The molecule has 4 rings (SSSR count). The van der Waals surface area contributed by atoms with Gasteiger partial charge in [-0.15, -0.1) is 0 Å². The van der Waals surface area contributed by atoms with E-state index in [1.807, 2.05) is 60.7 Å². The number of carbonyl (C=O) groups is 1. The fourth-order valence-corrected chi connectivity index (χ4v) is 3.46. The third-order valence-electron chi connectivity index (χ3n) is 5.22. The second-order valence-electron chi connectivity index (χ2n) is 8.46. The summed E-state index contributed by atoms with van der Waals surface area (Å²) in [6.45, 7) is 6.62. The Bertz CT molecular complexity index is 974. The first-order chi connectivity index (χ1) is 14.4. The van der Waals surface area contributed by atoms with Gasteiger partial charge < -0.3 is 14.8 Å². The number of hydrogen-bond donors (Lipinski definition) is 1. The van der Waals surface area contributed by atoms with Crippen LogP contribution in [0.25, 0.3) is 0 Å². The van der Waals surface area contributed by atoms with Crippen LogP contribution in [0.5, 0.6) is 11.5 Å². The zero-order chi connectivity index (χ0) is 21.1. The third kappa shape index (κ3) is 4.30. The molecule has 5 heteroatoms. The van der Waals surface area contributed by atoms with Crippen molar-refractivity contribution in [1.29, 1.82) is 0 Å². The number of aromatic nitrogens is 1. The first-order valence-corrected chi connectivity index (χ1v) is 10.1.